The summed E-state index contributed by atoms with van der Waals surface area (Å²) in [7, 11) is 1.26. The van der Waals surface area contributed by atoms with Gasteiger partial charge in [0, 0.05) is 11.3 Å². The molecular formula is C12H10O4S. The van der Waals surface area contributed by atoms with Crippen molar-refractivity contribution in [1.82, 2.24) is 0 Å². The van der Waals surface area contributed by atoms with Crippen molar-refractivity contribution in [3.8, 4) is 0 Å². The van der Waals surface area contributed by atoms with E-state index in [9.17, 15) is 9.59 Å². The van der Waals surface area contributed by atoms with E-state index in [-0.39, 0.29) is 23.7 Å². The van der Waals surface area contributed by atoms with E-state index < -0.39 is 5.97 Å². The highest BCUT2D eigenvalue weighted by molar-refractivity contribution is 7.10. The maximum Gasteiger partial charge on any atom is 0.373 e. The third-order valence-corrected chi connectivity index (χ3v) is 3.06. The van der Waals surface area contributed by atoms with Crippen LogP contribution >= 0.6 is 11.3 Å². The summed E-state index contributed by atoms with van der Waals surface area (Å²) in [5.74, 6) is -0.511. The molecule has 0 fully saturated rings. The molecule has 0 aliphatic rings. The average Bonchev–Trinajstić information content (AvgIpc) is 2.98. The lowest BCUT2D eigenvalue weighted by molar-refractivity contribution is 0.0563. The standard InChI is InChI=1S/C12H10O4S/c1-15-12(14)11-5-4-10(16-11)9(13)7-8-3-2-6-17-8/h2-6H,7H2,1H3. The van der Waals surface area contributed by atoms with Gasteiger partial charge in [-0.2, -0.15) is 0 Å². The quantitative estimate of drug-likeness (QED) is 0.618. The normalized spacial score (nSPS) is 10.2. The van der Waals surface area contributed by atoms with Gasteiger partial charge >= 0.3 is 5.97 Å². The first-order valence-electron chi connectivity index (χ1n) is 4.94. The van der Waals surface area contributed by atoms with E-state index in [1.807, 2.05) is 17.5 Å². The van der Waals surface area contributed by atoms with Crippen LogP contribution in [0.25, 0.3) is 0 Å². The number of furan rings is 1. The highest BCUT2D eigenvalue weighted by atomic mass is 32.1. The first kappa shape index (κ1) is 11.6. The van der Waals surface area contributed by atoms with Gasteiger partial charge in [0.1, 0.15) is 0 Å². The van der Waals surface area contributed by atoms with Crippen molar-refractivity contribution in [3.05, 3.63) is 46.0 Å². The Labute approximate surface area is 102 Å². The predicted molar refractivity (Wildman–Crippen MR) is 62.4 cm³/mol. The van der Waals surface area contributed by atoms with Crippen LogP contribution in [0.1, 0.15) is 26.0 Å². The minimum Gasteiger partial charge on any atom is -0.463 e. The summed E-state index contributed by atoms with van der Waals surface area (Å²) in [5.41, 5.74) is 0. The predicted octanol–water partition coefficient (Wildman–Crippen LogP) is 2.55. The Kier molecular flexibility index (Phi) is 3.39. The molecule has 0 amide bonds. The molecule has 0 saturated heterocycles. The molecule has 2 aromatic heterocycles. The molecule has 2 rings (SSSR count). The molecule has 0 radical (unpaired) electrons. The molecule has 2 heterocycles. The van der Waals surface area contributed by atoms with Crippen LogP contribution in [-0.4, -0.2) is 18.9 Å². The molecule has 0 saturated carbocycles. The van der Waals surface area contributed by atoms with Crippen LogP contribution in [0.3, 0.4) is 0 Å². The third kappa shape index (κ3) is 2.62. The number of rotatable bonds is 4. The van der Waals surface area contributed by atoms with E-state index in [1.54, 1.807) is 0 Å². The molecule has 0 aromatic carbocycles. The Hall–Kier alpha value is -1.88. The zero-order valence-electron chi connectivity index (χ0n) is 9.14. The molecule has 0 N–H and O–H groups in total. The number of carbonyl (C=O) groups excluding carboxylic acids is 2. The summed E-state index contributed by atoms with van der Waals surface area (Å²) < 4.78 is 9.62. The van der Waals surface area contributed by atoms with Crippen molar-refractivity contribution in [2.45, 2.75) is 6.42 Å². The Bertz CT molecular complexity index is 524. The van der Waals surface area contributed by atoms with Crippen molar-refractivity contribution in [1.29, 1.82) is 0 Å². The molecule has 5 heteroatoms. The third-order valence-electron chi connectivity index (χ3n) is 2.18. The topological polar surface area (TPSA) is 56.5 Å². The number of ether oxygens (including phenoxy) is 1. The molecule has 0 atom stereocenters. The number of methoxy groups -OCH3 is 1. The number of esters is 1. The fourth-order valence-electron chi connectivity index (χ4n) is 1.36. The number of ketones is 1. The van der Waals surface area contributed by atoms with Crippen LogP contribution in [0.5, 0.6) is 0 Å². The maximum atomic E-state index is 11.8. The highest BCUT2D eigenvalue weighted by Crippen LogP contribution is 2.15. The fraction of sp³-hybridized carbons (Fsp3) is 0.167. The molecule has 0 bridgehead atoms. The Balaban J connectivity index is 2.10. The number of Topliss-reactive ketones (excluding diaryl/α,β-unsaturated/α-hetero) is 1. The minimum absolute atomic E-state index is 0.0435. The first-order chi connectivity index (χ1) is 8.20. The van der Waals surface area contributed by atoms with Crippen LogP contribution in [0.15, 0.2) is 34.1 Å². The summed E-state index contributed by atoms with van der Waals surface area (Å²) in [4.78, 5) is 23.9. The summed E-state index contributed by atoms with van der Waals surface area (Å²) in [6, 6.07) is 6.69. The fourth-order valence-corrected chi connectivity index (χ4v) is 2.06. The van der Waals surface area contributed by atoms with Gasteiger partial charge in [-0.15, -0.1) is 11.3 Å². The van der Waals surface area contributed by atoms with E-state index >= 15 is 0 Å². The van der Waals surface area contributed by atoms with Crippen LogP contribution in [0.4, 0.5) is 0 Å². The SMILES string of the molecule is COC(=O)c1ccc(C(=O)Cc2cccs2)o1. The van der Waals surface area contributed by atoms with Crippen LogP contribution in [-0.2, 0) is 11.2 Å². The van der Waals surface area contributed by atoms with Crippen molar-refractivity contribution in [2.75, 3.05) is 7.11 Å². The Morgan fingerprint density at radius 2 is 2.06 bits per heavy atom. The van der Waals surface area contributed by atoms with Crippen LogP contribution < -0.4 is 0 Å². The first-order valence-corrected chi connectivity index (χ1v) is 5.82. The monoisotopic (exact) mass is 250 g/mol. The largest absolute Gasteiger partial charge is 0.463 e. The smallest absolute Gasteiger partial charge is 0.373 e. The number of thiophene rings is 1. The second kappa shape index (κ2) is 4.97. The summed E-state index contributed by atoms with van der Waals surface area (Å²) >= 11 is 1.51. The van der Waals surface area contributed by atoms with Gasteiger partial charge in [0.05, 0.1) is 7.11 Å². The lowest BCUT2D eigenvalue weighted by Gasteiger charge is -1.95. The zero-order chi connectivity index (χ0) is 12.3. The van der Waals surface area contributed by atoms with E-state index in [0.717, 1.165) is 4.88 Å². The van der Waals surface area contributed by atoms with Gasteiger partial charge in [-0.25, -0.2) is 4.79 Å². The van der Waals surface area contributed by atoms with E-state index in [1.165, 1.54) is 30.6 Å². The second-order valence-corrected chi connectivity index (χ2v) is 4.37. The molecule has 2 aromatic rings. The van der Waals surface area contributed by atoms with Crippen molar-refractivity contribution >= 4 is 23.1 Å². The van der Waals surface area contributed by atoms with Gasteiger partial charge in [-0.3, -0.25) is 4.79 Å². The van der Waals surface area contributed by atoms with Crippen LogP contribution in [0, 0.1) is 0 Å². The zero-order valence-corrected chi connectivity index (χ0v) is 9.95. The lowest BCUT2D eigenvalue weighted by atomic mass is 10.2. The molecule has 0 aliphatic heterocycles. The Morgan fingerprint density at radius 1 is 1.29 bits per heavy atom. The van der Waals surface area contributed by atoms with Crippen molar-refractivity contribution in [2.24, 2.45) is 0 Å². The van der Waals surface area contributed by atoms with Gasteiger partial charge in [0.2, 0.25) is 11.5 Å². The number of carbonyl (C=O) groups is 2. The molecule has 0 aliphatic carbocycles. The molecular weight excluding hydrogens is 240 g/mol. The van der Waals surface area contributed by atoms with Gasteiger partial charge in [0.15, 0.2) is 5.76 Å². The summed E-state index contributed by atoms with van der Waals surface area (Å²) in [5, 5.41) is 1.91. The number of hydrogen-bond acceptors (Lipinski definition) is 5. The van der Waals surface area contributed by atoms with Crippen molar-refractivity contribution < 1.29 is 18.7 Å². The summed E-state index contributed by atoms with van der Waals surface area (Å²) in [6.07, 6.45) is 0.284. The number of hydrogen-bond donors (Lipinski definition) is 0. The van der Waals surface area contributed by atoms with Gasteiger partial charge < -0.3 is 9.15 Å². The van der Waals surface area contributed by atoms with Crippen molar-refractivity contribution in [3.63, 3.8) is 0 Å². The van der Waals surface area contributed by atoms with Gasteiger partial charge in [-0.05, 0) is 23.6 Å². The average molecular weight is 250 g/mol. The second-order valence-electron chi connectivity index (χ2n) is 3.33. The maximum absolute atomic E-state index is 11.8. The molecule has 0 spiro atoms. The van der Waals surface area contributed by atoms with E-state index in [0.29, 0.717) is 0 Å². The van der Waals surface area contributed by atoms with E-state index in [4.69, 9.17) is 4.42 Å². The molecule has 17 heavy (non-hydrogen) atoms. The highest BCUT2D eigenvalue weighted by Gasteiger charge is 2.16. The van der Waals surface area contributed by atoms with E-state index in [2.05, 4.69) is 4.74 Å². The molecule has 4 nitrogen and oxygen atoms in total. The van der Waals surface area contributed by atoms with Gasteiger partial charge in [0.25, 0.3) is 0 Å². The minimum atomic E-state index is -0.583. The Morgan fingerprint density at radius 3 is 2.71 bits per heavy atom. The van der Waals surface area contributed by atoms with Gasteiger partial charge in [-0.1, -0.05) is 6.07 Å². The molecule has 88 valence electrons. The van der Waals surface area contributed by atoms with Crippen LogP contribution in [0.2, 0.25) is 0 Å². The summed E-state index contributed by atoms with van der Waals surface area (Å²) in [6.45, 7) is 0. The molecule has 0 unspecified atom stereocenters. The lowest BCUT2D eigenvalue weighted by Crippen LogP contribution is -2.01.